The largest absolute Gasteiger partial charge is 0.480 e. The molecule has 2 heterocycles. The van der Waals surface area contributed by atoms with E-state index < -0.39 is 5.54 Å². The number of carbonyl (C=O) groups excluding carboxylic acids is 1. The van der Waals surface area contributed by atoms with Crippen molar-refractivity contribution in [3.8, 4) is 5.88 Å². The van der Waals surface area contributed by atoms with E-state index in [1.54, 1.807) is 6.07 Å². The van der Waals surface area contributed by atoms with Gasteiger partial charge < -0.3 is 14.8 Å². The van der Waals surface area contributed by atoms with E-state index in [2.05, 4.69) is 9.69 Å². The van der Waals surface area contributed by atoms with Crippen LogP contribution < -0.4 is 10.1 Å². The zero-order chi connectivity index (χ0) is 14.0. The molecule has 0 radical (unpaired) electrons. The molecule has 104 valence electrons. The van der Waals surface area contributed by atoms with E-state index in [0.717, 1.165) is 17.1 Å². The molecule has 6 heteroatoms. The number of rotatable bonds is 4. The second-order valence-corrected chi connectivity index (χ2v) is 5.43. The first kappa shape index (κ1) is 13.1. The fourth-order valence-electron chi connectivity index (χ4n) is 2.12. The lowest BCUT2D eigenvalue weighted by Crippen LogP contribution is -2.59. The number of nitrogens with one attached hydrogen (secondary N) is 1. The second kappa shape index (κ2) is 5.22. The summed E-state index contributed by atoms with van der Waals surface area (Å²) >= 11 is 1.12. The first-order valence-corrected chi connectivity index (χ1v) is 6.97. The van der Waals surface area contributed by atoms with Crippen LogP contribution in [0.25, 0.3) is 0 Å². The second-order valence-electron chi connectivity index (χ2n) is 4.63. The summed E-state index contributed by atoms with van der Waals surface area (Å²) in [7, 11) is 1.53. The number of hydrogen-bond donors (Lipinski definition) is 1. The Morgan fingerprint density at radius 1 is 1.40 bits per heavy atom. The zero-order valence-electron chi connectivity index (χ0n) is 11.0. The molecule has 1 aliphatic heterocycles. The Morgan fingerprint density at radius 2 is 2.15 bits per heavy atom. The molecule has 1 N–H and O–H groups in total. The van der Waals surface area contributed by atoms with Crippen molar-refractivity contribution in [1.29, 1.82) is 0 Å². The maximum atomic E-state index is 12.3. The van der Waals surface area contributed by atoms with E-state index >= 15 is 0 Å². The summed E-state index contributed by atoms with van der Waals surface area (Å²) in [5.41, 5.74) is 0.617. The number of aromatic nitrogens is 1. The van der Waals surface area contributed by atoms with Gasteiger partial charge in [0, 0.05) is 6.07 Å². The zero-order valence-corrected chi connectivity index (χ0v) is 11.8. The van der Waals surface area contributed by atoms with Crippen LogP contribution in [0, 0.1) is 0 Å². The average molecular weight is 290 g/mol. The van der Waals surface area contributed by atoms with Gasteiger partial charge in [-0.1, -0.05) is 30.3 Å². The third-order valence-corrected chi connectivity index (χ3v) is 4.07. The van der Waals surface area contributed by atoms with E-state index in [9.17, 15) is 4.79 Å². The predicted molar refractivity (Wildman–Crippen MR) is 75.1 cm³/mol. The van der Waals surface area contributed by atoms with Gasteiger partial charge in [0.05, 0.1) is 20.3 Å². The molecule has 0 spiro atoms. The van der Waals surface area contributed by atoms with Crippen LogP contribution in [-0.4, -0.2) is 30.6 Å². The van der Waals surface area contributed by atoms with E-state index in [4.69, 9.17) is 9.47 Å². The van der Waals surface area contributed by atoms with Gasteiger partial charge in [0.15, 0.2) is 0 Å². The highest BCUT2D eigenvalue weighted by Crippen LogP contribution is 2.30. The molecule has 0 saturated carbocycles. The van der Waals surface area contributed by atoms with Crippen LogP contribution in [0.1, 0.15) is 15.2 Å². The van der Waals surface area contributed by atoms with Gasteiger partial charge in [-0.05, 0) is 17.1 Å². The lowest BCUT2D eigenvalue weighted by atomic mass is 9.88. The Hall–Kier alpha value is -1.92. The third-order valence-electron chi connectivity index (χ3n) is 3.30. The molecule has 20 heavy (non-hydrogen) atoms. The molecule has 0 bridgehead atoms. The first-order chi connectivity index (χ1) is 9.73. The minimum Gasteiger partial charge on any atom is -0.480 e. The van der Waals surface area contributed by atoms with E-state index in [1.807, 2.05) is 30.3 Å². The molecule has 1 aromatic carbocycles. The fraction of sp³-hybridized carbons (Fsp3) is 0.286. The lowest BCUT2D eigenvalue weighted by molar-refractivity contribution is -0.0733. The number of nitrogens with zero attached hydrogens (tertiary/aromatic N) is 1. The Kier molecular flexibility index (Phi) is 3.42. The molecule has 0 aliphatic carbocycles. The fourth-order valence-corrected chi connectivity index (χ4v) is 2.72. The lowest BCUT2D eigenvalue weighted by Gasteiger charge is -2.42. The normalized spacial score (nSPS) is 16.2. The van der Waals surface area contributed by atoms with E-state index in [1.165, 1.54) is 7.11 Å². The third kappa shape index (κ3) is 2.28. The number of hydrogen-bond acceptors (Lipinski definition) is 5. The number of ether oxygens (including phenoxy) is 2. The molecule has 5 nitrogen and oxygen atoms in total. The van der Waals surface area contributed by atoms with Crippen LogP contribution in [0.3, 0.4) is 0 Å². The maximum absolute atomic E-state index is 12.3. The molecule has 0 unspecified atom stereocenters. The van der Waals surface area contributed by atoms with E-state index in [-0.39, 0.29) is 5.91 Å². The minimum atomic E-state index is -0.435. The molecular formula is C14H14N2O3S. The summed E-state index contributed by atoms with van der Waals surface area (Å²) in [6.07, 6.45) is 0. The quantitative estimate of drug-likeness (QED) is 0.933. The molecule has 3 rings (SSSR count). The van der Waals surface area contributed by atoms with Crippen LogP contribution in [0.5, 0.6) is 5.88 Å². The van der Waals surface area contributed by atoms with Gasteiger partial charge >= 0.3 is 0 Å². The minimum absolute atomic E-state index is 0.155. The van der Waals surface area contributed by atoms with Gasteiger partial charge in [0.1, 0.15) is 10.4 Å². The summed E-state index contributed by atoms with van der Waals surface area (Å²) in [6, 6.07) is 11.5. The molecule has 1 aromatic heterocycles. The highest BCUT2D eigenvalue weighted by molar-refractivity contribution is 7.08. The molecule has 1 fully saturated rings. The summed E-state index contributed by atoms with van der Waals surface area (Å²) < 4.78 is 14.3. The van der Waals surface area contributed by atoms with Crippen molar-refractivity contribution in [1.82, 2.24) is 9.69 Å². The van der Waals surface area contributed by atoms with Crippen molar-refractivity contribution >= 4 is 17.4 Å². The van der Waals surface area contributed by atoms with Crippen LogP contribution in [0.15, 0.2) is 36.4 Å². The number of carbonyl (C=O) groups is 1. The Bertz CT molecular complexity index is 608. The molecule has 1 amide bonds. The Balaban J connectivity index is 1.80. The van der Waals surface area contributed by atoms with Crippen molar-refractivity contribution in [2.24, 2.45) is 0 Å². The first-order valence-electron chi connectivity index (χ1n) is 6.20. The predicted octanol–water partition coefficient (Wildman–Crippen LogP) is 1.81. The van der Waals surface area contributed by atoms with Gasteiger partial charge in [-0.25, -0.2) is 0 Å². The molecule has 2 aromatic rings. The van der Waals surface area contributed by atoms with E-state index in [0.29, 0.717) is 24.0 Å². The van der Waals surface area contributed by atoms with Gasteiger partial charge in [-0.3, -0.25) is 4.79 Å². The number of amides is 1. The van der Waals surface area contributed by atoms with Crippen LogP contribution >= 0.6 is 11.5 Å². The molecule has 1 saturated heterocycles. The van der Waals surface area contributed by atoms with Crippen molar-refractivity contribution in [3.63, 3.8) is 0 Å². The molecular weight excluding hydrogens is 276 g/mol. The Morgan fingerprint density at radius 3 is 2.70 bits per heavy atom. The SMILES string of the molecule is COc1cc(C(=O)NC2(c3ccccc3)COC2)sn1. The standard InChI is InChI=1S/C14H14N2O3S/c1-18-12-7-11(20-16-12)13(17)15-14(8-19-9-14)10-5-3-2-4-6-10/h2-7H,8-9H2,1H3,(H,15,17). The van der Waals surface area contributed by atoms with Gasteiger partial charge in [-0.2, -0.15) is 4.37 Å². The molecule has 0 atom stereocenters. The van der Waals surface area contributed by atoms with Crippen LogP contribution in [-0.2, 0) is 10.3 Å². The van der Waals surface area contributed by atoms with Crippen molar-refractivity contribution < 1.29 is 14.3 Å². The van der Waals surface area contributed by atoms with Crippen molar-refractivity contribution in [2.45, 2.75) is 5.54 Å². The Labute approximate surface area is 120 Å². The van der Waals surface area contributed by atoms with Gasteiger partial charge in [0.25, 0.3) is 5.91 Å². The van der Waals surface area contributed by atoms with Crippen molar-refractivity contribution in [2.75, 3.05) is 20.3 Å². The van der Waals surface area contributed by atoms with Gasteiger partial charge in [-0.15, -0.1) is 0 Å². The summed E-state index contributed by atoms with van der Waals surface area (Å²) in [5.74, 6) is 0.303. The highest BCUT2D eigenvalue weighted by Gasteiger charge is 2.42. The number of methoxy groups -OCH3 is 1. The smallest absolute Gasteiger partial charge is 0.263 e. The van der Waals surface area contributed by atoms with Gasteiger partial charge in [0.2, 0.25) is 5.88 Å². The van der Waals surface area contributed by atoms with Crippen LogP contribution in [0.2, 0.25) is 0 Å². The topological polar surface area (TPSA) is 60.5 Å². The van der Waals surface area contributed by atoms with Crippen molar-refractivity contribution in [3.05, 3.63) is 46.8 Å². The molecule has 1 aliphatic rings. The van der Waals surface area contributed by atoms with Crippen LogP contribution in [0.4, 0.5) is 0 Å². The highest BCUT2D eigenvalue weighted by atomic mass is 32.1. The summed E-state index contributed by atoms with van der Waals surface area (Å²) in [4.78, 5) is 12.8. The maximum Gasteiger partial charge on any atom is 0.263 e. The number of benzene rings is 1. The summed E-state index contributed by atoms with van der Waals surface area (Å²) in [6.45, 7) is 0.970. The summed E-state index contributed by atoms with van der Waals surface area (Å²) in [5, 5.41) is 3.05. The average Bonchev–Trinajstić information content (AvgIpc) is 2.92. The monoisotopic (exact) mass is 290 g/mol.